The molecule has 1 N–H and O–H groups in total. The minimum atomic E-state index is -0.567. The first-order valence-corrected chi connectivity index (χ1v) is 8.84. The summed E-state index contributed by atoms with van der Waals surface area (Å²) >= 11 is 12.3. The predicted octanol–water partition coefficient (Wildman–Crippen LogP) is 5.25. The molecule has 1 amide bonds. The van der Waals surface area contributed by atoms with Crippen molar-refractivity contribution < 1.29 is 14.3 Å². The summed E-state index contributed by atoms with van der Waals surface area (Å²) in [4.78, 5) is 12.4. The summed E-state index contributed by atoms with van der Waals surface area (Å²) < 4.78 is 10.7. The van der Waals surface area contributed by atoms with Crippen LogP contribution in [0.3, 0.4) is 0 Å². The Morgan fingerprint density at radius 1 is 1.22 bits per heavy atom. The Bertz CT molecular complexity index is 934. The molecule has 5 nitrogen and oxygen atoms in total. The number of nitrogens with one attached hydrogen (secondary N) is 1. The summed E-state index contributed by atoms with van der Waals surface area (Å²) in [6, 6.07) is 10.2. The number of anilines is 1. The Kier molecular flexibility index (Phi) is 7.12. The van der Waals surface area contributed by atoms with Crippen molar-refractivity contribution in [3.05, 3.63) is 57.1 Å². The van der Waals surface area contributed by atoms with Gasteiger partial charge in [0.25, 0.3) is 5.91 Å². The number of aryl methyl sites for hydroxylation is 1. The third kappa shape index (κ3) is 5.16. The molecular weight excluding hydrogens is 387 g/mol. The predicted molar refractivity (Wildman–Crippen MR) is 108 cm³/mol. The summed E-state index contributed by atoms with van der Waals surface area (Å²) in [5, 5.41) is 12.9. The number of ether oxygens (including phenoxy) is 2. The van der Waals surface area contributed by atoms with Gasteiger partial charge in [-0.1, -0.05) is 29.3 Å². The van der Waals surface area contributed by atoms with Gasteiger partial charge in [-0.15, -0.1) is 0 Å². The van der Waals surface area contributed by atoms with Crippen LogP contribution in [-0.4, -0.2) is 19.6 Å². The van der Waals surface area contributed by atoms with Gasteiger partial charge in [-0.2, -0.15) is 5.26 Å². The summed E-state index contributed by atoms with van der Waals surface area (Å²) in [7, 11) is 1.50. The van der Waals surface area contributed by atoms with Crippen LogP contribution in [0.25, 0.3) is 6.08 Å². The van der Waals surface area contributed by atoms with Gasteiger partial charge in [0.2, 0.25) is 0 Å². The molecule has 0 aliphatic heterocycles. The van der Waals surface area contributed by atoms with E-state index < -0.39 is 5.91 Å². The van der Waals surface area contributed by atoms with Crippen LogP contribution in [0, 0.1) is 18.3 Å². The maximum atomic E-state index is 12.4. The third-order valence-corrected chi connectivity index (χ3v) is 4.41. The molecule has 140 valence electrons. The van der Waals surface area contributed by atoms with Crippen LogP contribution in [0.4, 0.5) is 5.69 Å². The van der Waals surface area contributed by atoms with E-state index in [0.29, 0.717) is 39.4 Å². The molecule has 0 unspecified atom stereocenters. The lowest BCUT2D eigenvalue weighted by Gasteiger charge is -2.11. The van der Waals surface area contributed by atoms with Gasteiger partial charge in [0, 0.05) is 16.8 Å². The number of hydrogen-bond acceptors (Lipinski definition) is 4. The fourth-order valence-electron chi connectivity index (χ4n) is 2.26. The van der Waals surface area contributed by atoms with Crippen LogP contribution in [0.15, 0.2) is 35.9 Å². The lowest BCUT2D eigenvalue weighted by molar-refractivity contribution is -0.112. The fraction of sp³-hybridized carbons (Fsp3) is 0.200. The second kappa shape index (κ2) is 9.31. The van der Waals surface area contributed by atoms with E-state index in [-0.39, 0.29) is 5.57 Å². The Hall–Kier alpha value is -2.68. The van der Waals surface area contributed by atoms with Crippen LogP contribution in [0.5, 0.6) is 11.5 Å². The monoisotopic (exact) mass is 404 g/mol. The number of amides is 1. The molecule has 0 aliphatic carbocycles. The van der Waals surface area contributed by atoms with Gasteiger partial charge in [0.1, 0.15) is 11.6 Å². The molecular formula is C20H18Cl2N2O3. The standard InChI is InChI=1S/C20H18Cl2N2O3/c1-4-27-19-8-13(17(22)10-18(19)26-3)7-14(11-23)20(25)24-15-6-5-12(2)16(21)9-15/h5-10H,4H2,1-3H3,(H,24,25)/b14-7+. The number of methoxy groups -OCH3 is 1. The highest BCUT2D eigenvalue weighted by Gasteiger charge is 2.14. The quantitative estimate of drug-likeness (QED) is 0.526. The summed E-state index contributed by atoms with van der Waals surface area (Å²) in [6.45, 7) is 4.13. The van der Waals surface area contributed by atoms with Crippen LogP contribution >= 0.6 is 23.2 Å². The fourth-order valence-corrected chi connectivity index (χ4v) is 2.65. The SMILES string of the molecule is CCOc1cc(/C=C(\C#N)C(=O)Nc2ccc(C)c(Cl)c2)c(Cl)cc1OC. The molecule has 0 spiro atoms. The first kappa shape index (κ1) is 20.6. The maximum Gasteiger partial charge on any atom is 0.266 e. The molecule has 0 saturated carbocycles. The van der Waals surface area contributed by atoms with Gasteiger partial charge in [-0.3, -0.25) is 4.79 Å². The summed E-state index contributed by atoms with van der Waals surface area (Å²) in [5.41, 5.74) is 1.74. The normalized spacial score (nSPS) is 10.9. The summed E-state index contributed by atoms with van der Waals surface area (Å²) in [5.74, 6) is 0.372. The molecule has 0 radical (unpaired) electrons. The van der Waals surface area contributed by atoms with Crippen molar-refractivity contribution in [2.75, 3.05) is 19.0 Å². The average molecular weight is 405 g/mol. The molecule has 0 aromatic heterocycles. The van der Waals surface area contributed by atoms with Gasteiger partial charge in [-0.05, 0) is 49.2 Å². The van der Waals surface area contributed by atoms with Gasteiger partial charge in [0.05, 0.1) is 18.7 Å². The maximum absolute atomic E-state index is 12.4. The average Bonchev–Trinajstić information content (AvgIpc) is 2.64. The lowest BCUT2D eigenvalue weighted by atomic mass is 10.1. The lowest BCUT2D eigenvalue weighted by Crippen LogP contribution is -2.13. The highest BCUT2D eigenvalue weighted by molar-refractivity contribution is 6.32. The minimum absolute atomic E-state index is 0.110. The number of halogens is 2. The Morgan fingerprint density at radius 2 is 1.96 bits per heavy atom. The Labute approximate surface area is 168 Å². The molecule has 2 rings (SSSR count). The number of nitrogens with zero attached hydrogens (tertiary/aromatic N) is 1. The van der Waals surface area contributed by atoms with Gasteiger partial charge in [0.15, 0.2) is 11.5 Å². The second-order valence-corrected chi connectivity index (χ2v) is 6.36. The van der Waals surface area contributed by atoms with E-state index >= 15 is 0 Å². The van der Waals surface area contributed by atoms with Crippen LogP contribution in [0.2, 0.25) is 10.0 Å². The molecule has 27 heavy (non-hydrogen) atoms. The number of carbonyl (C=O) groups is 1. The van der Waals surface area contributed by atoms with Crippen molar-refractivity contribution in [2.45, 2.75) is 13.8 Å². The Morgan fingerprint density at radius 3 is 2.56 bits per heavy atom. The van der Waals surface area contributed by atoms with E-state index in [9.17, 15) is 10.1 Å². The molecule has 0 fully saturated rings. The molecule has 0 atom stereocenters. The van der Waals surface area contributed by atoms with E-state index in [4.69, 9.17) is 32.7 Å². The number of carbonyl (C=O) groups excluding carboxylic acids is 1. The number of hydrogen-bond donors (Lipinski definition) is 1. The van der Waals surface area contributed by atoms with Crippen molar-refractivity contribution >= 4 is 40.9 Å². The Balaban J connectivity index is 2.34. The largest absolute Gasteiger partial charge is 0.493 e. The minimum Gasteiger partial charge on any atom is -0.493 e. The van der Waals surface area contributed by atoms with Crippen LogP contribution in [-0.2, 0) is 4.79 Å². The third-order valence-electron chi connectivity index (χ3n) is 3.68. The first-order chi connectivity index (χ1) is 12.9. The van der Waals surface area contributed by atoms with E-state index in [2.05, 4.69) is 5.32 Å². The van der Waals surface area contributed by atoms with E-state index in [0.717, 1.165) is 5.56 Å². The van der Waals surface area contributed by atoms with E-state index in [1.54, 1.807) is 30.3 Å². The van der Waals surface area contributed by atoms with Crippen LogP contribution in [0.1, 0.15) is 18.1 Å². The first-order valence-electron chi connectivity index (χ1n) is 8.09. The second-order valence-electron chi connectivity index (χ2n) is 5.55. The molecule has 0 aliphatic rings. The zero-order valence-electron chi connectivity index (χ0n) is 15.1. The molecule has 7 heteroatoms. The highest BCUT2D eigenvalue weighted by atomic mass is 35.5. The van der Waals surface area contributed by atoms with E-state index in [1.807, 2.05) is 19.9 Å². The van der Waals surface area contributed by atoms with Gasteiger partial charge >= 0.3 is 0 Å². The topological polar surface area (TPSA) is 71.3 Å². The van der Waals surface area contributed by atoms with Crippen molar-refractivity contribution in [2.24, 2.45) is 0 Å². The number of rotatable bonds is 6. The van der Waals surface area contributed by atoms with Gasteiger partial charge in [-0.25, -0.2) is 0 Å². The zero-order valence-corrected chi connectivity index (χ0v) is 16.6. The molecule has 0 bridgehead atoms. The van der Waals surface area contributed by atoms with Crippen molar-refractivity contribution in [1.29, 1.82) is 5.26 Å². The molecule has 2 aromatic rings. The van der Waals surface area contributed by atoms with Crippen molar-refractivity contribution in [3.8, 4) is 17.6 Å². The number of nitriles is 1. The zero-order chi connectivity index (χ0) is 20.0. The van der Waals surface area contributed by atoms with Crippen molar-refractivity contribution in [3.63, 3.8) is 0 Å². The number of benzene rings is 2. The summed E-state index contributed by atoms with van der Waals surface area (Å²) in [6.07, 6.45) is 1.40. The molecule has 0 heterocycles. The van der Waals surface area contributed by atoms with Gasteiger partial charge < -0.3 is 14.8 Å². The smallest absolute Gasteiger partial charge is 0.266 e. The highest BCUT2D eigenvalue weighted by Crippen LogP contribution is 2.34. The van der Waals surface area contributed by atoms with Crippen molar-refractivity contribution in [1.82, 2.24) is 0 Å². The molecule has 0 saturated heterocycles. The van der Waals surface area contributed by atoms with Crippen LogP contribution < -0.4 is 14.8 Å². The molecule has 2 aromatic carbocycles. The van der Waals surface area contributed by atoms with E-state index in [1.165, 1.54) is 13.2 Å².